The predicted octanol–water partition coefficient (Wildman–Crippen LogP) is 4.18. The van der Waals surface area contributed by atoms with Gasteiger partial charge in [-0.2, -0.15) is 0 Å². The number of aromatic nitrogens is 4. The Labute approximate surface area is 221 Å². The van der Waals surface area contributed by atoms with Crippen molar-refractivity contribution in [2.75, 3.05) is 55.7 Å². The van der Waals surface area contributed by atoms with E-state index in [1.54, 1.807) is 12.1 Å². The highest BCUT2D eigenvalue weighted by Gasteiger charge is 2.30. The first-order valence-electron chi connectivity index (χ1n) is 13.6. The van der Waals surface area contributed by atoms with E-state index in [1.165, 1.54) is 6.07 Å². The Kier molecular flexibility index (Phi) is 6.17. The third-order valence-electron chi connectivity index (χ3n) is 8.18. The van der Waals surface area contributed by atoms with Gasteiger partial charge in [-0.3, -0.25) is 4.90 Å². The third-order valence-corrected chi connectivity index (χ3v) is 8.18. The number of morpholine rings is 1. The van der Waals surface area contributed by atoms with Crippen LogP contribution in [0.2, 0.25) is 0 Å². The Balaban J connectivity index is 1.16. The summed E-state index contributed by atoms with van der Waals surface area (Å²) < 4.78 is 21.4. The summed E-state index contributed by atoms with van der Waals surface area (Å²) in [6.07, 6.45) is 5.02. The summed E-state index contributed by atoms with van der Waals surface area (Å²) in [4.78, 5) is 16.9. The first kappa shape index (κ1) is 23.5. The molecule has 2 atom stereocenters. The fourth-order valence-corrected chi connectivity index (χ4v) is 6.23. The molecule has 3 aliphatic heterocycles. The number of benzene rings is 1. The summed E-state index contributed by atoms with van der Waals surface area (Å²) in [7, 11) is 0. The van der Waals surface area contributed by atoms with Crippen molar-refractivity contribution < 1.29 is 9.13 Å². The maximum absolute atomic E-state index is 14.0. The van der Waals surface area contributed by atoms with E-state index in [1.807, 2.05) is 35.0 Å². The van der Waals surface area contributed by atoms with E-state index in [0.29, 0.717) is 6.04 Å². The van der Waals surface area contributed by atoms with Crippen molar-refractivity contribution in [3.8, 4) is 11.4 Å². The van der Waals surface area contributed by atoms with Crippen molar-refractivity contribution in [2.24, 2.45) is 0 Å². The standard InChI is InChI=1S/C29H32FN7O/c30-22-5-1-4-21(18-22)25-7-3-12-36(25)29-10-9-27-31-19-26(37(27)33-29)24-6-2-8-28(32-24)35-13-11-23(20-35)34-14-16-38-17-15-34/h1-2,4-6,8-10,18-19,23,25H,3,7,11-17,20H2/t23-,25+/m0/s1. The summed E-state index contributed by atoms with van der Waals surface area (Å²) in [5, 5.41) is 5.01. The van der Waals surface area contributed by atoms with Crippen LogP contribution in [0.4, 0.5) is 16.0 Å². The Morgan fingerprint density at radius 1 is 0.895 bits per heavy atom. The number of anilines is 2. The van der Waals surface area contributed by atoms with E-state index < -0.39 is 0 Å². The maximum atomic E-state index is 14.0. The van der Waals surface area contributed by atoms with Crippen molar-refractivity contribution in [3.05, 3.63) is 72.2 Å². The van der Waals surface area contributed by atoms with Crippen molar-refractivity contribution in [2.45, 2.75) is 31.3 Å². The number of pyridine rings is 1. The van der Waals surface area contributed by atoms with E-state index >= 15 is 0 Å². The largest absolute Gasteiger partial charge is 0.379 e. The van der Waals surface area contributed by atoms with E-state index in [-0.39, 0.29) is 11.9 Å². The van der Waals surface area contributed by atoms with E-state index in [0.717, 1.165) is 99.4 Å². The fourth-order valence-electron chi connectivity index (χ4n) is 6.23. The summed E-state index contributed by atoms with van der Waals surface area (Å²) in [6.45, 7) is 6.56. The van der Waals surface area contributed by atoms with Gasteiger partial charge in [-0.15, -0.1) is 5.10 Å². The van der Waals surface area contributed by atoms with Gasteiger partial charge in [0.2, 0.25) is 0 Å². The molecule has 196 valence electrons. The first-order valence-corrected chi connectivity index (χ1v) is 13.6. The number of imidazole rings is 1. The quantitative estimate of drug-likeness (QED) is 0.397. The minimum Gasteiger partial charge on any atom is -0.379 e. The van der Waals surface area contributed by atoms with Gasteiger partial charge in [-0.05, 0) is 61.2 Å². The van der Waals surface area contributed by atoms with Crippen LogP contribution in [0.15, 0.2) is 60.8 Å². The third kappa shape index (κ3) is 4.39. The van der Waals surface area contributed by atoms with E-state index in [9.17, 15) is 4.39 Å². The minimum absolute atomic E-state index is 0.110. The lowest BCUT2D eigenvalue weighted by Crippen LogP contribution is -2.44. The number of hydrogen-bond acceptors (Lipinski definition) is 7. The van der Waals surface area contributed by atoms with Crippen LogP contribution in [0.25, 0.3) is 17.0 Å². The average Bonchev–Trinajstić information content (AvgIpc) is 3.73. The molecule has 0 spiro atoms. The van der Waals surface area contributed by atoms with Crippen LogP contribution >= 0.6 is 0 Å². The van der Waals surface area contributed by atoms with Crippen molar-refractivity contribution >= 4 is 17.3 Å². The molecule has 3 fully saturated rings. The fraction of sp³-hybridized carbons (Fsp3) is 0.414. The van der Waals surface area contributed by atoms with Crippen LogP contribution in [0, 0.1) is 5.82 Å². The molecule has 0 unspecified atom stereocenters. The predicted molar refractivity (Wildman–Crippen MR) is 145 cm³/mol. The van der Waals surface area contributed by atoms with Gasteiger partial charge in [0, 0.05) is 38.8 Å². The Morgan fingerprint density at radius 3 is 2.68 bits per heavy atom. The van der Waals surface area contributed by atoms with E-state index in [2.05, 4.69) is 31.8 Å². The van der Waals surface area contributed by atoms with Gasteiger partial charge in [0.1, 0.15) is 23.1 Å². The highest BCUT2D eigenvalue weighted by Crippen LogP contribution is 2.36. The smallest absolute Gasteiger partial charge is 0.154 e. The molecule has 0 radical (unpaired) electrons. The molecule has 0 N–H and O–H groups in total. The monoisotopic (exact) mass is 513 g/mol. The van der Waals surface area contributed by atoms with Gasteiger partial charge in [0.05, 0.1) is 31.1 Å². The molecule has 0 bridgehead atoms. The molecule has 3 aromatic heterocycles. The Hall–Kier alpha value is -3.56. The number of hydrogen-bond donors (Lipinski definition) is 0. The van der Waals surface area contributed by atoms with Gasteiger partial charge in [0.25, 0.3) is 0 Å². The van der Waals surface area contributed by atoms with Crippen molar-refractivity contribution in [1.82, 2.24) is 24.5 Å². The Morgan fingerprint density at radius 2 is 1.79 bits per heavy atom. The molecule has 3 saturated heterocycles. The second kappa shape index (κ2) is 9.96. The van der Waals surface area contributed by atoms with Crippen molar-refractivity contribution in [3.63, 3.8) is 0 Å². The summed E-state index contributed by atoms with van der Waals surface area (Å²) in [5.74, 6) is 1.66. The first-order chi connectivity index (χ1) is 18.7. The molecule has 4 aromatic rings. The lowest BCUT2D eigenvalue weighted by molar-refractivity contribution is 0.0209. The van der Waals surface area contributed by atoms with Gasteiger partial charge in [0.15, 0.2) is 5.65 Å². The Bertz CT molecular complexity index is 1440. The SMILES string of the molecule is Fc1cccc([C@H]2CCCN2c2ccc3ncc(-c4cccc(N5CC[C@H](N6CCOCC6)C5)n4)n3n2)c1. The molecule has 0 amide bonds. The van der Waals surface area contributed by atoms with Gasteiger partial charge in [-0.1, -0.05) is 18.2 Å². The number of nitrogens with zero attached hydrogens (tertiary/aromatic N) is 7. The molecular formula is C29H32FN7O. The van der Waals surface area contributed by atoms with Crippen LogP contribution in [-0.2, 0) is 4.74 Å². The van der Waals surface area contributed by atoms with Crippen LogP contribution in [-0.4, -0.2) is 76.5 Å². The van der Waals surface area contributed by atoms with Crippen LogP contribution in [0.5, 0.6) is 0 Å². The van der Waals surface area contributed by atoms with Gasteiger partial charge >= 0.3 is 0 Å². The average molecular weight is 514 g/mol. The highest BCUT2D eigenvalue weighted by molar-refractivity contribution is 5.63. The van der Waals surface area contributed by atoms with Crippen LogP contribution in [0.3, 0.4) is 0 Å². The topological polar surface area (TPSA) is 62.0 Å². The molecule has 3 aliphatic rings. The molecule has 8 nitrogen and oxygen atoms in total. The molecular weight excluding hydrogens is 481 g/mol. The molecule has 0 saturated carbocycles. The number of halogens is 1. The van der Waals surface area contributed by atoms with Crippen LogP contribution in [0.1, 0.15) is 30.9 Å². The zero-order valence-corrected chi connectivity index (χ0v) is 21.4. The molecule has 7 rings (SSSR count). The summed E-state index contributed by atoms with van der Waals surface area (Å²) >= 11 is 0. The van der Waals surface area contributed by atoms with Gasteiger partial charge in [-0.25, -0.2) is 18.9 Å². The normalized spacial score (nSPS) is 22.6. The molecule has 6 heterocycles. The lowest BCUT2D eigenvalue weighted by atomic mass is 10.0. The minimum atomic E-state index is -0.199. The summed E-state index contributed by atoms with van der Waals surface area (Å²) in [5.41, 5.74) is 3.50. The molecule has 38 heavy (non-hydrogen) atoms. The van der Waals surface area contributed by atoms with Crippen LogP contribution < -0.4 is 9.80 Å². The summed E-state index contributed by atoms with van der Waals surface area (Å²) in [6, 6.07) is 17.8. The second-order valence-electron chi connectivity index (χ2n) is 10.4. The maximum Gasteiger partial charge on any atom is 0.154 e. The molecule has 0 aliphatic carbocycles. The molecule has 1 aromatic carbocycles. The highest BCUT2D eigenvalue weighted by atomic mass is 19.1. The molecule has 9 heteroatoms. The van der Waals surface area contributed by atoms with E-state index in [4.69, 9.17) is 14.8 Å². The number of rotatable bonds is 5. The number of fused-ring (bicyclic) bond motifs is 1. The lowest BCUT2D eigenvalue weighted by Gasteiger charge is -2.32. The second-order valence-corrected chi connectivity index (χ2v) is 10.4. The van der Waals surface area contributed by atoms with Crippen molar-refractivity contribution in [1.29, 1.82) is 0 Å². The van der Waals surface area contributed by atoms with Gasteiger partial charge < -0.3 is 14.5 Å². The zero-order chi connectivity index (χ0) is 25.5. The zero-order valence-electron chi connectivity index (χ0n) is 21.4. The number of ether oxygens (including phenoxy) is 1.